The zero-order valence-electron chi connectivity index (χ0n) is 7.95. The molecular formula is C9H15NO2S. The molecular weight excluding hydrogens is 186 g/mol. The van der Waals surface area contributed by atoms with E-state index in [2.05, 4.69) is 5.32 Å². The first-order chi connectivity index (χ1) is 6.18. The van der Waals surface area contributed by atoms with Crippen LogP contribution in [0.15, 0.2) is 22.8 Å². The van der Waals surface area contributed by atoms with E-state index in [9.17, 15) is 4.21 Å². The Balaban J connectivity index is 2.22. The van der Waals surface area contributed by atoms with Gasteiger partial charge < -0.3 is 9.73 Å². The van der Waals surface area contributed by atoms with Gasteiger partial charge in [-0.25, -0.2) is 0 Å². The van der Waals surface area contributed by atoms with E-state index in [4.69, 9.17) is 4.42 Å². The molecule has 4 heteroatoms. The molecule has 1 rings (SSSR count). The van der Waals surface area contributed by atoms with Crippen molar-refractivity contribution in [2.24, 2.45) is 0 Å². The summed E-state index contributed by atoms with van der Waals surface area (Å²) in [6.45, 7) is 2.72. The summed E-state index contributed by atoms with van der Waals surface area (Å²) in [5.74, 6) is 1.59. The zero-order valence-corrected chi connectivity index (χ0v) is 8.76. The minimum absolute atomic E-state index is 0.260. The zero-order chi connectivity index (χ0) is 9.68. The molecule has 0 amide bonds. The molecule has 0 fully saturated rings. The summed E-state index contributed by atoms with van der Waals surface area (Å²) >= 11 is 0. The van der Waals surface area contributed by atoms with E-state index in [0.717, 1.165) is 5.76 Å². The molecule has 1 N–H and O–H groups in total. The lowest BCUT2D eigenvalue weighted by atomic mass is 10.3. The maximum Gasteiger partial charge on any atom is 0.117 e. The van der Waals surface area contributed by atoms with E-state index >= 15 is 0 Å². The van der Waals surface area contributed by atoms with Gasteiger partial charge >= 0.3 is 0 Å². The smallest absolute Gasteiger partial charge is 0.117 e. The van der Waals surface area contributed by atoms with E-state index in [1.807, 2.05) is 19.1 Å². The van der Waals surface area contributed by atoms with Gasteiger partial charge in [0.25, 0.3) is 0 Å². The molecule has 0 aliphatic heterocycles. The molecule has 0 radical (unpaired) electrons. The molecule has 1 heterocycles. The minimum Gasteiger partial charge on any atom is -0.468 e. The molecule has 2 atom stereocenters. The van der Waals surface area contributed by atoms with Crippen LogP contribution in [0.5, 0.6) is 0 Å². The summed E-state index contributed by atoms with van der Waals surface area (Å²) in [6.07, 6.45) is 3.37. The fourth-order valence-electron chi connectivity index (χ4n) is 1.10. The number of hydrogen-bond acceptors (Lipinski definition) is 3. The highest BCUT2D eigenvalue weighted by atomic mass is 32.2. The molecule has 0 aliphatic rings. The fraction of sp³-hybridized carbons (Fsp3) is 0.556. The van der Waals surface area contributed by atoms with Crippen LogP contribution in [-0.2, 0) is 17.3 Å². The molecule has 13 heavy (non-hydrogen) atoms. The van der Waals surface area contributed by atoms with Crippen molar-refractivity contribution in [3.05, 3.63) is 24.2 Å². The molecule has 0 bridgehead atoms. The molecule has 1 aromatic heterocycles. The van der Waals surface area contributed by atoms with Crippen LogP contribution in [0, 0.1) is 0 Å². The Labute approximate surface area is 81.0 Å². The van der Waals surface area contributed by atoms with Crippen LogP contribution >= 0.6 is 0 Å². The molecule has 2 unspecified atom stereocenters. The fourth-order valence-corrected chi connectivity index (χ4v) is 1.92. The lowest BCUT2D eigenvalue weighted by molar-refractivity contribution is 0.466. The highest BCUT2D eigenvalue weighted by Crippen LogP contribution is 1.99. The summed E-state index contributed by atoms with van der Waals surface area (Å²) in [5, 5.41) is 3.23. The number of furan rings is 1. The standard InChI is InChI=1S/C9H15NO2S/c1-8(7-13(2)11)10-6-9-4-3-5-12-9/h3-5,8,10H,6-7H2,1-2H3. The Morgan fingerprint density at radius 2 is 2.46 bits per heavy atom. The van der Waals surface area contributed by atoms with Crippen molar-refractivity contribution < 1.29 is 8.63 Å². The van der Waals surface area contributed by atoms with E-state index in [1.165, 1.54) is 0 Å². The summed E-state index contributed by atoms with van der Waals surface area (Å²) in [6, 6.07) is 4.04. The monoisotopic (exact) mass is 201 g/mol. The van der Waals surface area contributed by atoms with Gasteiger partial charge in [0.15, 0.2) is 0 Å². The molecule has 1 aromatic rings. The third-order valence-electron chi connectivity index (χ3n) is 1.69. The Hall–Kier alpha value is -0.610. The second-order valence-corrected chi connectivity index (χ2v) is 4.58. The van der Waals surface area contributed by atoms with Crippen molar-refractivity contribution in [2.45, 2.75) is 19.5 Å². The van der Waals surface area contributed by atoms with Crippen LogP contribution in [-0.4, -0.2) is 22.3 Å². The predicted molar refractivity (Wildman–Crippen MR) is 53.9 cm³/mol. The van der Waals surface area contributed by atoms with Gasteiger partial charge in [-0.15, -0.1) is 0 Å². The maximum absolute atomic E-state index is 10.9. The first kappa shape index (κ1) is 10.5. The number of nitrogens with one attached hydrogen (secondary N) is 1. The van der Waals surface area contributed by atoms with Crippen LogP contribution in [0.2, 0.25) is 0 Å². The van der Waals surface area contributed by atoms with E-state index in [1.54, 1.807) is 12.5 Å². The molecule has 0 aliphatic carbocycles. The molecule has 0 aromatic carbocycles. The van der Waals surface area contributed by atoms with Gasteiger partial charge in [0, 0.05) is 28.9 Å². The van der Waals surface area contributed by atoms with Crippen molar-refractivity contribution >= 4 is 10.8 Å². The first-order valence-corrected chi connectivity index (χ1v) is 5.97. The second-order valence-electron chi connectivity index (χ2n) is 3.10. The Morgan fingerprint density at radius 1 is 1.69 bits per heavy atom. The highest BCUT2D eigenvalue weighted by molar-refractivity contribution is 7.84. The summed E-state index contributed by atoms with van der Waals surface area (Å²) in [5.41, 5.74) is 0. The van der Waals surface area contributed by atoms with Crippen molar-refractivity contribution in [1.29, 1.82) is 0 Å². The quantitative estimate of drug-likeness (QED) is 0.776. The van der Waals surface area contributed by atoms with E-state index in [-0.39, 0.29) is 6.04 Å². The van der Waals surface area contributed by atoms with Gasteiger partial charge in [0.1, 0.15) is 5.76 Å². The van der Waals surface area contributed by atoms with Crippen LogP contribution < -0.4 is 5.32 Å². The average Bonchev–Trinajstić information content (AvgIpc) is 2.51. The summed E-state index contributed by atoms with van der Waals surface area (Å²) in [4.78, 5) is 0. The number of rotatable bonds is 5. The Kier molecular flexibility index (Phi) is 4.18. The summed E-state index contributed by atoms with van der Waals surface area (Å²) in [7, 11) is -0.737. The molecule has 0 saturated heterocycles. The van der Waals surface area contributed by atoms with Crippen LogP contribution in [0.4, 0.5) is 0 Å². The van der Waals surface area contributed by atoms with Crippen LogP contribution in [0.1, 0.15) is 12.7 Å². The second kappa shape index (κ2) is 5.19. The molecule has 74 valence electrons. The maximum atomic E-state index is 10.9. The van der Waals surface area contributed by atoms with Crippen LogP contribution in [0.25, 0.3) is 0 Å². The van der Waals surface area contributed by atoms with Gasteiger partial charge in [-0.1, -0.05) is 0 Å². The third-order valence-corrected chi connectivity index (χ3v) is 2.66. The lowest BCUT2D eigenvalue weighted by Crippen LogP contribution is -2.30. The largest absolute Gasteiger partial charge is 0.468 e. The normalized spacial score (nSPS) is 15.5. The Bertz CT molecular complexity index is 259. The first-order valence-electron chi connectivity index (χ1n) is 4.24. The van der Waals surface area contributed by atoms with Gasteiger partial charge in [0.05, 0.1) is 12.8 Å². The van der Waals surface area contributed by atoms with E-state index in [0.29, 0.717) is 12.3 Å². The van der Waals surface area contributed by atoms with E-state index < -0.39 is 10.8 Å². The lowest BCUT2D eigenvalue weighted by Gasteiger charge is -2.10. The highest BCUT2D eigenvalue weighted by Gasteiger charge is 2.04. The van der Waals surface area contributed by atoms with Crippen molar-refractivity contribution in [3.8, 4) is 0 Å². The topological polar surface area (TPSA) is 42.2 Å². The molecule has 0 saturated carbocycles. The van der Waals surface area contributed by atoms with Gasteiger partial charge in [-0.2, -0.15) is 0 Å². The van der Waals surface area contributed by atoms with Gasteiger partial charge in [-0.3, -0.25) is 4.21 Å². The van der Waals surface area contributed by atoms with Crippen molar-refractivity contribution in [3.63, 3.8) is 0 Å². The van der Waals surface area contributed by atoms with Gasteiger partial charge in [-0.05, 0) is 19.1 Å². The predicted octanol–water partition coefficient (Wildman–Crippen LogP) is 1.14. The number of hydrogen-bond donors (Lipinski definition) is 1. The third kappa shape index (κ3) is 4.24. The molecule has 3 nitrogen and oxygen atoms in total. The summed E-state index contributed by atoms with van der Waals surface area (Å²) < 4.78 is 16.0. The van der Waals surface area contributed by atoms with Crippen molar-refractivity contribution in [1.82, 2.24) is 5.32 Å². The van der Waals surface area contributed by atoms with Gasteiger partial charge in [0.2, 0.25) is 0 Å². The van der Waals surface area contributed by atoms with Crippen LogP contribution in [0.3, 0.4) is 0 Å². The Morgan fingerprint density at radius 3 is 3.00 bits per heavy atom. The average molecular weight is 201 g/mol. The van der Waals surface area contributed by atoms with Crippen molar-refractivity contribution in [2.75, 3.05) is 12.0 Å². The molecule has 0 spiro atoms. The SMILES string of the molecule is CC(CS(C)=O)NCc1ccco1. The minimum atomic E-state index is -0.737.